The maximum Gasteiger partial charge on any atom is 0.409 e. The highest BCUT2D eigenvalue weighted by atomic mass is 35.5. The van der Waals surface area contributed by atoms with E-state index in [0.29, 0.717) is 0 Å². The maximum atomic E-state index is 13.9. The van der Waals surface area contributed by atoms with Gasteiger partial charge in [0.1, 0.15) is 16.5 Å². The van der Waals surface area contributed by atoms with Gasteiger partial charge >= 0.3 is 11.8 Å². The number of nitro benzene ring substituents is 1. The van der Waals surface area contributed by atoms with E-state index in [-0.39, 0.29) is 44.6 Å². The van der Waals surface area contributed by atoms with Crippen LogP contribution < -0.4 is 25.8 Å². The van der Waals surface area contributed by atoms with Gasteiger partial charge in [0.25, 0.3) is 0 Å². The van der Waals surface area contributed by atoms with Crippen molar-refractivity contribution in [3.63, 3.8) is 0 Å². The molecule has 16 heteroatoms. The van der Waals surface area contributed by atoms with Gasteiger partial charge in [-0.3, -0.25) is 10.1 Å². The molecule has 0 spiro atoms. The minimum absolute atomic E-state index is 0.0254. The molecule has 0 saturated heterocycles. The predicted octanol–water partition coefficient (Wildman–Crippen LogP) is 3.53. The summed E-state index contributed by atoms with van der Waals surface area (Å²) in [6.45, 7) is 0. The van der Waals surface area contributed by atoms with E-state index in [9.17, 15) is 27.7 Å². The third kappa shape index (κ3) is 6.01. The van der Waals surface area contributed by atoms with Gasteiger partial charge in [0.2, 0.25) is 11.8 Å². The van der Waals surface area contributed by atoms with Crippen molar-refractivity contribution in [1.29, 1.82) is 0 Å². The molecular formula is C19H16ClFN6O7S. The van der Waals surface area contributed by atoms with Gasteiger partial charge in [-0.05, 0) is 12.1 Å². The van der Waals surface area contributed by atoms with E-state index >= 15 is 0 Å². The molecular weight excluding hydrogens is 511 g/mol. The number of carbonyl (C=O) groups is 1. The number of amides is 1. The van der Waals surface area contributed by atoms with Gasteiger partial charge in [-0.2, -0.15) is 9.37 Å². The van der Waals surface area contributed by atoms with Crippen LogP contribution in [0.15, 0.2) is 41.4 Å². The molecule has 3 aromatic rings. The number of anilines is 4. The van der Waals surface area contributed by atoms with Crippen molar-refractivity contribution in [3.8, 4) is 11.5 Å². The summed E-state index contributed by atoms with van der Waals surface area (Å²) in [5.74, 6) is -1.47. The van der Waals surface area contributed by atoms with Crippen molar-refractivity contribution in [1.82, 2.24) is 9.97 Å². The molecule has 1 aromatic heterocycles. The number of sulfone groups is 1. The molecule has 13 nitrogen and oxygen atoms in total. The highest BCUT2D eigenvalue weighted by Gasteiger charge is 2.21. The van der Waals surface area contributed by atoms with Gasteiger partial charge in [0.15, 0.2) is 15.7 Å². The van der Waals surface area contributed by atoms with Crippen molar-refractivity contribution in [2.75, 3.05) is 24.0 Å². The molecule has 1 heterocycles. The lowest BCUT2D eigenvalue weighted by molar-refractivity contribution is -0.387. The number of hydrogen-bond donors (Lipinski definition) is 3. The monoisotopic (exact) mass is 526 g/mol. The Bertz CT molecular complexity index is 1440. The van der Waals surface area contributed by atoms with Crippen LogP contribution in [0.25, 0.3) is 0 Å². The molecule has 184 valence electrons. The molecule has 0 aliphatic carbocycles. The van der Waals surface area contributed by atoms with Gasteiger partial charge in [0.05, 0.1) is 34.5 Å². The van der Waals surface area contributed by atoms with Gasteiger partial charge in [-0.15, -0.1) is 0 Å². The number of primary amides is 1. The minimum Gasteiger partial charge on any atom is -0.494 e. The molecule has 0 aliphatic rings. The summed E-state index contributed by atoms with van der Waals surface area (Å²) in [5, 5.41) is 16.4. The number of methoxy groups -OCH3 is 1. The van der Waals surface area contributed by atoms with Crippen LogP contribution in [0.4, 0.5) is 38.0 Å². The molecule has 35 heavy (non-hydrogen) atoms. The van der Waals surface area contributed by atoms with Crippen LogP contribution in [0, 0.1) is 15.9 Å². The second-order valence-electron chi connectivity index (χ2n) is 6.75. The molecule has 2 aromatic carbocycles. The highest BCUT2D eigenvalue weighted by Crippen LogP contribution is 2.35. The normalized spacial score (nSPS) is 11.0. The summed E-state index contributed by atoms with van der Waals surface area (Å²) < 4.78 is 48.2. The lowest BCUT2D eigenvalue weighted by atomic mass is 10.2. The quantitative estimate of drug-likeness (QED) is 0.287. The van der Waals surface area contributed by atoms with Crippen molar-refractivity contribution in [2.24, 2.45) is 5.73 Å². The second kappa shape index (κ2) is 9.94. The fourth-order valence-electron chi connectivity index (χ4n) is 2.82. The number of hydrogen-bond acceptors (Lipinski definition) is 11. The molecule has 0 radical (unpaired) electrons. The summed E-state index contributed by atoms with van der Waals surface area (Å²) in [5.41, 5.74) is 4.12. The predicted molar refractivity (Wildman–Crippen MR) is 123 cm³/mol. The van der Waals surface area contributed by atoms with E-state index in [1.807, 2.05) is 0 Å². The molecule has 4 N–H and O–H groups in total. The number of carbonyl (C=O) groups excluding carboxylic acids is 1. The van der Waals surface area contributed by atoms with Crippen LogP contribution >= 0.6 is 11.6 Å². The summed E-state index contributed by atoms with van der Waals surface area (Å²) in [7, 11) is -2.52. The zero-order valence-electron chi connectivity index (χ0n) is 17.9. The largest absolute Gasteiger partial charge is 0.494 e. The van der Waals surface area contributed by atoms with E-state index in [0.717, 1.165) is 24.6 Å². The van der Waals surface area contributed by atoms with E-state index < -0.39 is 32.4 Å². The number of nitrogens with zero attached hydrogens (tertiary/aromatic N) is 3. The average Bonchev–Trinajstić information content (AvgIpc) is 2.75. The van der Waals surface area contributed by atoms with E-state index in [1.54, 1.807) is 0 Å². The highest BCUT2D eigenvalue weighted by molar-refractivity contribution is 7.90. The third-order valence-electron chi connectivity index (χ3n) is 4.28. The lowest BCUT2D eigenvalue weighted by Crippen LogP contribution is -2.16. The Labute approximate surface area is 202 Å². The third-order valence-corrected chi connectivity index (χ3v) is 5.71. The smallest absolute Gasteiger partial charge is 0.409 e. The van der Waals surface area contributed by atoms with Gasteiger partial charge in [-0.25, -0.2) is 18.2 Å². The Morgan fingerprint density at radius 3 is 2.54 bits per heavy atom. The Kier molecular flexibility index (Phi) is 7.21. The fraction of sp³-hybridized carbons (Fsp3) is 0.105. The average molecular weight is 527 g/mol. The number of rotatable bonds is 8. The van der Waals surface area contributed by atoms with Crippen LogP contribution in [0.5, 0.6) is 11.5 Å². The Hall–Kier alpha value is -4.24. The number of ether oxygens (including phenoxy) is 2. The topological polar surface area (TPSA) is 189 Å². The molecule has 0 unspecified atom stereocenters. The first kappa shape index (κ1) is 25.4. The molecule has 0 fully saturated rings. The summed E-state index contributed by atoms with van der Waals surface area (Å²) >= 11 is 6.15. The van der Waals surface area contributed by atoms with Crippen LogP contribution in [0.3, 0.4) is 0 Å². The van der Waals surface area contributed by atoms with Crippen molar-refractivity contribution >= 4 is 56.4 Å². The lowest BCUT2D eigenvalue weighted by Gasteiger charge is -2.14. The second-order valence-corrected chi connectivity index (χ2v) is 9.14. The first-order valence-electron chi connectivity index (χ1n) is 9.29. The van der Waals surface area contributed by atoms with Crippen molar-refractivity contribution in [2.45, 2.75) is 4.90 Å². The Morgan fingerprint density at radius 1 is 1.23 bits per heavy atom. The summed E-state index contributed by atoms with van der Waals surface area (Å²) in [6, 6.07) is 5.32. The van der Waals surface area contributed by atoms with Gasteiger partial charge < -0.3 is 25.8 Å². The zero-order valence-corrected chi connectivity index (χ0v) is 19.5. The SMILES string of the molecule is COc1cc(F)c([N+](=O)[O-])cc1Nc1ncc(Cl)c(Nc2cc(OC(N)=O)ccc2S(C)(=O)=O)n1. The van der Waals surface area contributed by atoms with Crippen molar-refractivity contribution in [3.05, 3.63) is 57.5 Å². The number of benzene rings is 2. The Morgan fingerprint density at radius 2 is 1.94 bits per heavy atom. The van der Waals surface area contributed by atoms with Crippen molar-refractivity contribution < 1.29 is 32.0 Å². The number of nitrogens with one attached hydrogen (secondary N) is 2. The van der Waals surface area contributed by atoms with Gasteiger partial charge in [-0.1, -0.05) is 11.6 Å². The standard InChI is InChI=1S/C19H16ClFN6O7S/c1-33-15-6-11(21)14(27(29)30)7-12(15)25-19-23-8-10(20)17(26-19)24-13-5-9(34-18(22)28)3-4-16(13)35(2,31)32/h3-8H,1-2H3,(H2,22,28)(H2,23,24,25,26). The number of halogens is 2. The zero-order chi connectivity index (χ0) is 25.9. The molecule has 0 bridgehead atoms. The van der Waals surface area contributed by atoms with E-state index in [4.69, 9.17) is 26.8 Å². The van der Waals surface area contributed by atoms with Gasteiger partial charge in [0, 0.05) is 24.5 Å². The minimum atomic E-state index is -3.75. The summed E-state index contributed by atoms with van der Waals surface area (Å²) in [6.07, 6.45) is 1.01. The fourth-order valence-corrected chi connectivity index (χ4v) is 3.79. The number of nitro groups is 1. The molecule has 0 atom stereocenters. The van der Waals surface area contributed by atoms with Crippen LogP contribution in [0.2, 0.25) is 5.02 Å². The molecule has 3 rings (SSSR count). The number of aromatic nitrogens is 2. The molecule has 0 saturated carbocycles. The molecule has 1 amide bonds. The molecule has 0 aliphatic heterocycles. The van der Waals surface area contributed by atoms with Crippen LogP contribution in [-0.4, -0.2) is 42.8 Å². The maximum absolute atomic E-state index is 13.9. The van der Waals surface area contributed by atoms with E-state index in [1.165, 1.54) is 25.3 Å². The first-order valence-corrected chi connectivity index (χ1v) is 11.6. The first-order chi connectivity index (χ1) is 16.4. The summed E-state index contributed by atoms with van der Waals surface area (Å²) in [4.78, 5) is 29.2. The van der Waals surface area contributed by atoms with Crippen LogP contribution in [0.1, 0.15) is 0 Å². The van der Waals surface area contributed by atoms with E-state index in [2.05, 4.69) is 20.6 Å². The number of nitrogens with two attached hydrogens (primary N) is 1. The van der Waals surface area contributed by atoms with Crippen LogP contribution in [-0.2, 0) is 9.84 Å². The Balaban J connectivity index is 2.02.